The highest BCUT2D eigenvalue weighted by Crippen LogP contribution is 2.27. The Morgan fingerprint density at radius 1 is 1.29 bits per heavy atom. The van der Waals surface area contributed by atoms with Gasteiger partial charge in [0.2, 0.25) is 0 Å². The molecule has 2 rings (SSSR count). The Morgan fingerprint density at radius 3 is 2.65 bits per heavy atom. The molecule has 1 aliphatic carbocycles. The van der Waals surface area contributed by atoms with Gasteiger partial charge in [0.25, 0.3) is 0 Å². The van der Waals surface area contributed by atoms with E-state index in [1.54, 1.807) is 6.07 Å². The first-order chi connectivity index (χ1) is 7.89. The Labute approximate surface area is 104 Å². The number of fused-ring (bicyclic) bond motifs is 1. The van der Waals surface area contributed by atoms with Gasteiger partial charge in [-0.2, -0.15) is 0 Å². The molecule has 92 valence electrons. The molecule has 0 fully saturated rings. The van der Waals surface area contributed by atoms with E-state index in [1.165, 1.54) is 6.07 Å². The molecule has 0 spiro atoms. The summed E-state index contributed by atoms with van der Waals surface area (Å²) >= 11 is -1.28. The minimum atomic E-state index is -1.28. The summed E-state index contributed by atoms with van der Waals surface area (Å²) in [4.78, 5) is 0. The van der Waals surface area contributed by atoms with Gasteiger partial charge in [0, 0.05) is 5.56 Å². The molecule has 0 N–H and O–H groups in total. The number of hydrogen-bond acceptors (Lipinski definition) is 2. The van der Waals surface area contributed by atoms with Crippen LogP contribution >= 0.6 is 0 Å². The largest absolute Gasteiger partial charge is 0.591 e. The topological polar surface area (TPSA) is 35.4 Å². The van der Waals surface area contributed by atoms with Crippen molar-refractivity contribution in [3.05, 3.63) is 35.1 Å². The molecule has 1 aliphatic rings. The Hall–Kier alpha value is -0.870. The second kappa shape index (κ2) is 4.42. The summed E-state index contributed by atoms with van der Waals surface area (Å²) in [6, 6.07) is 4.99. The van der Waals surface area contributed by atoms with Crippen molar-refractivity contribution in [1.29, 1.82) is 0 Å². The van der Waals surface area contributed by atoms with Crippen LogP contribution in [0.2, 0.25) is 0 Å². The Bertz CT molecular complexity index is 465. The van der Waals surface area contributed by atoms with Crippen LogP contribution in [0.4, 0.5) is 4.39 Å². The highest BCUT2D eigenvalue weighted by Gasteiger charge is 2.29. The van der Waals surface area contributed by atoms with Gasteiger partial charge in [-0.15, -0.1) is 0 Å². The maximum Gasteiger partial charge on any atom is 0.144 e. The molecule has 1 aromatic rings. The minimum absolute atomic E-state index is 0.186. The fourth-order valence-corrected chi connectivity index (χ4v) is 2.46. The van der Waals surface area contributed by atoms with Gasteiger partial charge in [0.1, 0.15) is 21.9 Å². The molecule has 0 bridgehead atoms. The van der Waals surface area contributed by atoms with E-state index in [-0.39, 0.29) is 10.6 Å². The summed E-state index contributed by atoms with van der Waals surface area (Å²) in [6.45, 7) is 5.65. The van der Waals surface area contributed by atoms with Gasteiger partial charge in [0.15, 0.2) is 0 Å². The van der Waals surface area contributed by atoms with Gasteiger partial charge in [-0.25, -0.2) is 4.39 Å². The fourth-order valence-electron chi connectivity index (χ4n) is 1.79. The van der Waals surface area contributed by atoms with Crippen LogP contribution in [0.1, 0.15) is 38.3 Å². The van der Waals surface area contributed by atoms with Crippen molar-refractivity contribution in [3.63, 3.8) is 0 Å². The lowest BCUT2D eigenvalue weighted by Gasteiger charge is -2.18. The number of benzene rings is 1. The van der Waals surface area contributed by atoms with Crippen molar-refractivity contribution in [1.82, 2.24) is 0 Å². The molecular weight excluding hydrogens is 237 g/mol. The zero-order valence-electron chi connectivity index (χ0n) is 10.3. The number of rotatable bonds is 1. The van der Waals surface area contributed by atoms with Crippen LogP contribution in [0.5, 0.6) is 0 Å². The van der Waals surface area contributed by atoms with Crippen molar-refractivity contribution < 1.29 is 8.94 Å². The Morgan fingerprint density at radius 2 is 2.00 bits per heavy atom. The summed E-state index contributed by atoms with van der Waals surface area (Å²) in [7, 11) is 0. The van der Waals surface area contributed by atoms with E-state index in [0.717, 1.165) is 11.3 Å². The molecule has 0 heterocycles. The lowest BCUT2D eigenvalue weighted by Crippen LogP contribution is -2.26. The van der Waals surface area contributed by atoms with E-state index < -0.39 is 11.4 Å². The third-order valence-corrected chi connectivity index (χ3v) is 4.19. The first-order valence-corrected chi connectivity index (χ1v) is 6.77. The highest BCUT2D eigenvalue weighted by molar-refractivity contribution is 7.91. The second-order valence-electron chi connectivity index (χ2n) is 5.17. The molecule has 0 radical (unpaired) electrons. The quantitative estimate of drug-likeness (QED) is 0.708. The summed E-state index contributed by atoms with van der Waals surface area (Å²) in [5.74, 6) is -0.186. The third-order valence-electron chi connectivity index (χ3n) is 2.76. The average molecular weight is 253 g/mol. The van der Waals surface area contributed by atoms with Crippen molar-refractivity contribution in [2.75, 3.05) is 0 Å². The number of hydrogen-bond donors (Lipinski definition) is 0. The zero-order valence-corrected chi connectivity index (χ0v) is 11.1. The SMILES string of the molecule is CC(C)(C)[S+]([O-])N=C1CCc2c(F)cccc21. The smallest absolute Gasteiger partial charge is 0.144 e. The molecule has 17 heavy (non-hydrogen) atoms. The van der Waals surface area contributed by atoms with E-state index in [1.807, 2.05) is 26.8 Å². The van der Waals surface area contributed by atoms with Gasteiger partial charge in [-0.05, 0) is 45.2 Å². The van der Waals surface area contributed by atoms with Crippen LogP contribution in [-0.2, 0) is 17.8 Å². The average Bonchev–Trinajstić information content (AvgIpc) is 2.62. The van der Waals surface area contributed by atoms with Gasteiger partial charge in [-0.1, -0.05) is 16.5 Å². The summed E-state index contributed by atoms with van der Waals surface area (Å²) in [5, 5.41) is 0. The first-order valence-electron chi connectivity index (χ1n) is 5.67. The summed E-state index contributed by atoms with van der Waals surface area (Å²) in [6.07, 6.45) is 1.33. The van der Waals surface area contributed by atoms with Gasteiger partial charge >= 0.3 is 0 Å². The molecular formula is C13H16FNOS. The molecule has 1 aromatic carbocycles. The van der Waals surface area contributed by atoms with E-state index in [0.29, 0.717) is 18.4 Å². The predicted octanol–water partition coefficient (Wildman–Crippen LogP) is 3.02. The maximum absolute atomic E-state index is 13.5. The molecule has 2 nitrogen and oxygen atoms in total. The van der Waals surface area contributed by atoms with Crippen LogP contribution in [-0.4, -0.2) is 15.0 Å². The molecule has 4 heteroatoms. The van der Waals surface area contributed by atoms with Crippen molar-refractivity contribution in [3.8, 4) is 0 Å². The van der Waals surface area contributed by atoms with E-state index in [9.17, 15) is 8.94 Å². The van der Waals surface area contributed by atoms with E-state index in [4.69, 9.17) is 0 Å². The monoisotopic (exact) mass is 253 g/mol. The van der Waals surface area contributed by atoms with E-state index in [2.05, 4.69) is 4.40 Å². The molecule has 0 saturated carbocycles. The lowest BCUT2D eigenvalue weighted by molar-refractivity contribution is 0.561. The minimum Gasteiger partial charge on any atom is -0.591 e. The van der Waals surface area contributed by atoms with E-state index >= 15 is 0 Å². The fraction of sp³-hybridized carbons (Fsp3) is 0.462. The summed E-state index contributed by atoms with van der Waals surface area (Å²) < 4.78 is 29.3. The zero-order chi connectivity index (χ0) is 12.6. The summed E-state index contributed by atoms with van der Waals surface area (Å²) in [5.41, 5.74) is 2.30. The molecule has 1 unspecified atom stereocenters. The molecule has 0 amide bonds. The third kappa shape index (κ3) is 2.53. The van der Waals surface area contributed by atoms with Crippen molar-refractivity contribution in [2.45, 2.75) is 38.4 Å². The maximum atomic E-state index is 13.5. The first kappa shape index (κ1) is 12.6. The second-order valence-corrected chi connectivity index (χ2v) is 7.07. The molecule has 0 saturated heterocycles. The van der Waals surface area contributed by atoms with Crippen LogP contribution < -0.4 is 0 Å². The lowest BCUT2D eigenvalue weighted by atomic mass is 10.1. The van der Waals surface area contributed by atoms with Crippen LogP contribution in [0, 0.1) is 5.82 Å². The highest BCUT2D eigenvalue weighted by atomic mass is 32.2. The van der Waals surface area contributed by atoms with Crippen LogP contribution in [0.3, 0.4) is 0 Å². The van der Waals surface area contributed by atoms with Gasteiger partial charge in [-0.3, -0.25) is 0 Å². The van der Waals surface area contributed by atoms with Gasteiger partial charge in [0.05, 0.1) is 5.71 Å². The number of halogens is 1. The standard InChI is InChI=1S/C13H16FNOS/c1-13(2,3)17(16)15-12-8-7-9-10(12)5-4-6-11(9)14/h4-6H,7-8H2,1-3H3. The molecule has 0 aromatic heterocycles. The number of nitrogens with zero attached hydrogens (tertiary/aromatic N) is 1. The molecule has 1 atom stereocenters. The Balaban J connectivity index is 2.34. The van der Waals surface area contributed by atoms with Crippen molar-refractivity contribution in [2.24, 2.45) is 4.40 Å². The predicted molar refractivity (Wildman–Crippen MR) is 69.2 cm³/mol. The van der Waals surface area contributed by atoms with Gasteiger partial charge < -0.3 is 4.55 Å². The Kier molecular flexibility index (Phi) is 3.27. The normalized spacial score (nSPS) is 19.5. The molecule has 0 aliphatic heterocycles. The van der Waals surface area contributed by atoms with Crippen molar-refractivity contribution >= 4 is 17.1 Å². The van der Waals surface area contributed by atoms with Crippen LogP contribution in [0.25, 0.3) is 0 Å². The van der Waals surface area contributed by atoms with Crippen LogP contribution in [0.15, 0.2) is 22.6 Å².